The average molecular weight is 412 g/mol. The highest BCUT2D eigenvalue weighted by Crippen LogP contribution is 2.18. The number of guanidine groups is 1. The normalized spacial score (nSPS) is 22.1. The van der Waals surface area contributed by atoms with E-state index in [-0.39, 0.29) is 42.5 Å². The fraction of sp³-hybridized carbons (Fsp3) is 0.857. The molecule has 1 saturated carbocycles. The minimum absolute atomic E-state index is 0. The van der Waals surface area contributed by atoms with Gasteiger partial charge in [0.2, 0.25) is 5.91 Å². The number of hydrogen-bond acceptors (Lipinski definition) is 3. The van der Waals surface area contributed by atoms with E-state index in [4.69, 9.17) is 0 Å². The smallest absolute Gasteiger partial charge is 0.241 e. The molecule has 1 amide bonds. The summed E-state index contributed by atoms with van der Waals surface area (Å²) in [5.41, 5.74) is 0. The average Bonchev–Trinajstić information content (AvgIpc) is 2.45. The molecule has 1 rings (SSSR count). The van der Waals surface area contributed by atoms with E-state index in [9.17, 15) is 9.90 Å². The van der Waals surface area contributed by atoms with Crippen molar-refractivity contribution in [3.8, 4) is 0 Å². The first kappa shape index (κ1) is 20.4. The molecule has 0 spiro atoms. The lowest BCUT2D eigenvalue weighted by Gasteiger charge is -2.27. The lowest BCUT2D eigenvalue weighted by Crippen LogP contribution is -2.45. The zero-order valence-electron chi connectivity index (χ0n) is 13.0. The molecule has 1 aliphatic carbocycles. The van der Waals surface area contributed by atoms with Crippen molar-refractivity contribution in [1.82, 2.24) is 16.0 Å². The Balaban J connectivity index is 0.00000400. The summed E-state index contributed by atoms with van der Waals surface area (Å²) < 4.78 is 0. The third-order valence-electron chi connectivity index (χ3n) is 3.33. The number of carbonyl (C=O) groups is 1. The molecule has 6 nitrogen and oxygen atoms in total. The Bertz CT molecular complexity index is 318. The van der Waals surface area contributed by atoms with Crippen molar-refractivity contribution < 1.29 is 9.90 Å². The number of aliphatic hydroxyl groups excluding tert-OH is 1. The van der Waals surface area contributed by atoms with Crippen LogP contribution in [0.1, 0.15) is 46.0 Å². The molecule has 0 aliphatic heterocycles. The number of nitrogens with zero attached hydrogens (tertiary/aromatic N) is 1. The van der Waals surface area contributed by atoms with Crippen LogP contribution in [0.2, 0.25) is 0 Å². The maximum Gasteiger partial charge on any atom is 0.241 e. The molecule has 0 aromatic heterocycles. The largest absolute Gasteiger partial charge is 0.393 e. The molecule has 0 saturated heterocycles. The van der Waals surface area contributed by atoms with Crippen LogP contribution in [0.3, 0.4) is 0 Å². The molecule has 1 aliphatic rings. The molecule has 0 unspecified atom stereocenters. The summed E-state index contributed by atoms with van der Waals surface area (Å²) >= 11 is 0. The van der Waals surface area contributed by atoms with Gasteiger partial charge in [-0.05, 0) is 39.0 Å². The van der Waals surface area contributed by atoms with Crippen LogP contribution in [0, 0.1) is 0 Å². The predicted octanol–water partition coefficient (Wildman–Crippen LogP) is 0.989. The molecule has 0 heterocycles. The van der Waals surface area contributed by atoms with Crippen LogP contribution in [-0.2, 0) is 4.79 Å². The van der Waals surface area contributed by atoms with Crippen LogP contribution in [0.5, 0.6) is 0 Å². The summed E-state index contributed by atoms with van der Waals surface area (Å²) in [7, 11) is 0. The quantitative estimate of drug-likeness (QED) is 0.298. The van der Waals surface area contributed by atoms with E-state index < -0.39 is 0 Å². The van der Waals surface area contributed by atoms with Gasteiger partial charge in [-0.1, -0.05) is 6.92 Å². The van der Waals surface area contributed by atoms with Gasteiger partial charge in [-0.15, -0.1) is 24.0 Å². The Kier molecular flexibility index (Phi) is 11.7. The van der Waals surface area contributed by atoms with E-state index in [0.717, 1.165) is 38.6 Å². The first-order valence-electron chi connectivity index (χ1n) is 7.65. The van der Waals surface area contributed by atoms with Crippen molar-refractivity contribution in [2.45, 2.75) is 58.1 Å². The second-order valence-electron chi connectivity index (χ2n) is 5.19. The van der Waals surface area contributed by atoms with Crippen molar-refractivity contribution in [3.05, 3.63) is 0 Å². The van der Waals surface area contributed by atoms with E-state index in [1.165, 1.54) is 0 Å². The number of amides is 1. The molecular formula is C14H29IN4O2. The number of nitrogens with one attached hydrogen (secondary N) is 3. The monoisotopic (exact) mass is 412 g/mol. The minimum Gasteiger partial charge on any atom is -0.393 e. The first-order valence-corrected chi connectivity index (χ1v) is 7.65. The van der Waals surface area contributed by atoms with E-state index in [1.807, 2.05) is 13.8 Å². The van der Waals surface area contributed by atoms with E-state index in [2.05, 4.69) is 20.9 Å². The predicted molar refractivity (Wildman–Crippen MR) is 96.1 cm³/mol. The summed E-state index contributed by atoms with van der Waals surface area (Å²) in [6.45, 7) is 5.62. The van der Waals surface area contributed by atoms with Crippen LogP contribution in [0.25, 0.3) is 0 Å². The Hall–Kier alpha value is -0.570. The maximum absolute atomic E-state index is 11.5. The maximum atomic E-state index is 11.5. The summed E-state index contributed by atoms with van der Waals surface area (Å²) in [6, 6.07) is 0.329. The van der Waals surface area contributed by atoms with Crippen LogP contribution in [-0.4, -0.2) is 48.8 Å². The molecule has 0 radical (unpaired) electrons. The van der Waals surface area contributed by atoms with Gasteiger partial charge in [-0.2, -0.15) is 0 Å². The highest BCUT2D eigenvalue weighted by Gasteiger charge is 2.19. The van der Waals surface area contributed by atoms with Gasteiger partial charge in [0, 0.05) is 19.1 Å². The molecule has 1 fully saturated rings. The van der Waals surface area contributed by atoms with Gasteiger partial charge in [-0.3, -0.25) is 4.79 Å². The molecule has 4 N–H and O–H groups in total. The van der Waals surface area contributed by atoms with Crippen molar-refractivity contribution in [1.29, 1.82) is 0 Å². The highest BCUT2D eigenvalue weighted by molar-refractivity contribution is 14.0. The lowest BCUT2D eigenvalue weighted by atomic mass is 9.93. The van der Waals surface area contributed by atoms with E-state index >= 15 is 0 Å². The highest BCUT2D eigenvalue weighted by atomic mass is 127. The zero-order chi connectivity index (χ0) is 14.8. The SMILES string of the molecule is CCCNC(=O)CN=C(NCC)NC1CCC(O)CC1.I. The van der Waals surface area contributed by atoms with Crippen LogP contribution in [0.15, 0.2) is 4.99 Å². The third-order valence-corrected chi connectivity index (χ3v) is 3.33. The third kappa shape index (κ3) is 9.13. The molecule has 0 aromatic carbocycles. The molecule has 7 heteroatoms. The van der Waals surface area contributed by atoms with Gasteiger partial charge in [0.05, 0.1) is 6.10 Å². The van der Waals surface area contributed by atoms with Crippen LogP contribution < -0.4 is 16.0 Å². The second kappa shape index (κ2) is 12.0. The summed E-state index contributed by atoms with van der Waals surface area (Å²) in [4.78, 5) is 15.8. The van der Waals surface area contributed by atoms with Crippen molar-refractivity contribution in [2.75, 3.05) is 19.6 Å². The lowest BCUT2D eigenvalue weighted by molar-refractivity contribution is -0.119. The van der Waals surface area contributed by atoms with Gasteiger partial charge in [0.25, 0.3) is 0 Å². The van der Waals surface area contributed by atoms with Gasteiger partial charge >= 0.3 is 0 Å². The summed E-state index contributed by atoms with van der Waals surface area (Å²) in [5.74, 6) is 0.628. The number of aliphatic hydroxyl groups is 1. The summed E-state index contributed by atoms with van der Waals surface area (Å²) in [6.07, 6.45) is 4.30. The van der Waals surface area contributed by atoms with Gasteiger partial charge in [0.15, 0.2) is 5.96 Å². The van der Waals surface area contributed by atoms with Crippen molar-refractivity contribution in [2.24, 2.45) is 4.99 Å². The Morgan fingerprint density at radius 1 is 1.19 bits per heavy atom. The molecular weight excluding hydrogens is 383 g/mol. The molecule has 124 valence electrons. The van der Waals surface area contributed by atoms with Crippen molar-refractivity contribution >= 4 is 35.8 Å². The first-order chi connectivity index (χ1) is 9.65. The number of carbonyl (C=O) groups excluding carboxylic acids is 1. The number of aliphatic imine (C=N–C) groups is 1. The van der Waals surface area contributed by atoms with Gasteiger partial charge in [-0.25, -0.2) is 4.99 Å². The Labute approximate surface area is 144 Å². The van der Waals surface area contributed by atoms with E-state index in [1.54, 1.807) is 0 Å². The topological polar surface area (TPSA) is 85.8 Å². The Morgan fingerprint density at radius 3 is 2.43 bits per heavy atom. The number of hydrogen-bond donors (Lipinski definition) is 4. The molecule has 21 heavy (non-hydrogen) atoms. The van der Waals surface area contributed by atoms with Gasteiger partial charge < -0.3 is 21.1 Å². The zero-order valence-corrected chi connectivity index (χ0v) is 15.4. The standard InChI is InChI=1S/C14H28N4O2.HI/c1-3-9-16-13(20)10-17-14(15-4-2)18-11-5-7-12(19)8-6-11;/h11-12,19H,3-10H2,1-2H3,(H,16,20)(H2,15,17,18);1H. The molecule has 0 aromatic rings. The molecule has 0 atom stereocenters. The second-order valence-corrected chi connectivity index (χ2v) is 5.19. The van der Waals surface area contributed by atoms with Gasteiger partial charge in [0.1, 0.15) is 6.54 Å². The number of rotatable bonds is 6. The fourth-order valence-corrected chi connectivity index (χ4v) is 2.20. The number of halogens is 1. The Morgan fingerprint density at radius 2 is 1.86 bits per heavy atom. The molecule has 0 bridgehead atoms. The summed E-state index contributed by atoms with van der Waals surface area (Å²) in [5, 5.41) is 18.8. The van der Waals surface area contributed by atoms with Crippen LogP contribution >= 0.6 is 24.0 Å². The van der Waals surface area contributed by atoms with Crippen LogP contribution in [0.4, 0.5) is 0 Å². The minimum atomic E-state index is -0.160. The van der Waals surface area contributed by atoms with Crippen molar-refractivity contribution in [3.63, 3.8) is 0 Å². The fourth-order valence-electron chi connectivity index (χ4n) is 2.20. The van der Waals surface area contributed by atoms with E-state index in [0.29, 0.717) is 18.5 Å².